The third-order valence-electron chi connectivity index (χ3n) is 3.05. The Morgan fingerprint density at radius 3 is 2.96 bits per heavy atom. The molecule has 0 aliphatic carbocycles. The van der Waals surface area contributed by atoms with Crippen LogP contribution in [0.25, 0.3) is 11.7 Å². The second kappa shape index (κ2) is 7.18. The Kier molecular flexibility index (Phi) is 4.80. The molecular weight excluding hydrogens is 350 g/mol. The summed E-state index contributed by atoms with van der Waals surface area (Å²) >= 11 is 1.17. The molecule has 0 saturated carbocycles. The van der Waals surface area contributed by atoms with E-state index in [-0.39, 0.29) is 30.4 Å². The van der Waals surface area contributed by atoms with Crippen molar-refractivity contribution in [2.24, 2.45) is 0 Å². The lowest BCUT2D eigenvalue weighted by molar-refractivity contribution is -0.117. The number of hydrogen-bond donors (Lipinski definition) is 1. The van der Waals surface area contributed by atoms with Gasteiger partial charge in [0, 0.05) is 0 Å². The number of carbonyl (C=O) groups is 2. The number of thiophene rings is 1. The second-order valence-corrected chi connectivity index (χ2v) is 5.66. The second-order valence-electron chi connectivity index (χ2n) is 4.74. The number of esters is 1. The van der Waals surface area contributed by atoms with E-state index in [0.717, 1.165) is 4.68 Å². The molecule has 0 fully saturated rings. The summed E-state index contributed by atoms with van der Waals surface area (Å²) in [6.07, 6.45) is 1.41. The highest BCUT2D eigenvalue weighted by Gasteiger charge is 2.18. The van der Waals surface area contributed by atoms with E-state index in [9.17, 15) is 14.4 Å². The van der Waals surface area contributed by atoms with E-state index in [2.05, 4.69) is 10.4 Å². The molecule has 130 valence electrons. The summed E-state index contributed by atoms with van der Waals surface area (Å²) in [5.74, 6) is -1.60. The fourth-order valence-electron chi connectivity index (χ4n) is 1.98. The van der Waals surface area contributed by atoms with Gasteiger partial charge in [-0.1, -0.05) is 0 Å². The number of anilines is 1. The highest BCUT2D eigenvalue weighted by molar-refractivity contribution is 7.14. The Hall–Kier alpha value is -3.14. The predicted molar refractivity (Wildman–Crippen MR) is 87.4 cm³/mol. The lowest BCUT2D eigenvalue weighted by Crippen LogP contribution is -2.26. The van der Waals surface area contributed by atoms with E-state index in [0.29, 0.717) is 5.00 Å². The topological polar surface area (TPSA) is 117 Å². The molecule has 0 aromatic carbocycles. The van der Waals surface area contributed by atoms with Gasteiger partial charge in [0.2, 0.25) is 5.91 Å². The first-order chi connectivity index (χ1) is 12.1. The van der Waals surface area contributed by atoms with Crippen molar-refractivity contribution in [3.8, 4) is 11.7 Å². The third-order valence-corrected chi connectivity index (χ3v) is 3.87. The molecule has 0 unspecified atom stereocenters. The number of carbonyl (C=O) groups excluding carboxylic acids is 2. The van der Waals surface area contributed by atoms with E-state index in [1.807, 2.05) is 0 Å². The van der Waals surface area contributed by atoms with E-state index in [1.165, 1.54) is 17.6 Å². The van der Waals surface area contributed by atoms with Crippen molar-refractivity contribution in [1.82, 2.24) is 9.78 Å². The highest BCUT2D eigenvalue weighted by atomic mass is 32.1. The molecule has 10 heteroatoms. The van der Waals surface area contributed by atoms with Crippen LogP contribution in [0.2, 0.25) is 0 Å². The van der Waals surface area contributed by atoms with Crippen molar-refractivity contribution in [3.63, 3.8) is 0 Å². The quantitative estimate of drug-likeness (QED) is 0.665. The van der Waals surface area contributed by atoms with E-state index in [4.69, 9.17) is 13.6 Å². The number of amides is 1. The van der Waals surface area contributed by atoms with E-state index < -0.39 is 17.6 Å². The minimum absolute atomic E-state index is 0.0221. The first-order valence-electron chi connectivity index (χ1n) is 7.24. The van der Waals surface area contributed by atoms with Crippen LogP contribution in [0.5, 0.6) is 0 Å². The summed E-state index contributed by atoms with van der Waals surface area (Å²) in [6.45, 7) is 1.55. The maximum Gasteiger partial charge on any atom is 0.437 e. The summed E-state index contributed by atoms with van der Waals surface area (Å²) in [5.41, 5.74) is 0.254. The zero-order valence-corrected chi connectivity index (χ0v) is 13.9. The number of furan rings is 1. The Morgan fingerprint density at radius 1 is 1.40 bits per heavy atom. The zero-order valence-electron chi connectivity index (χ0n) is 13.1. The molecule has 0 saturated heterocycles. The molecule has 3 rings (SSSR count). The van der Waals surface area contributed by atoms with Gasteiger partial charge in [0.05, 0.1) is 18.4 Å². The van der Waals surface area contributed by atoms with Crippen LogP contribution in [0.1, 0.15) is 17.3 Å². The van der Waals surface area contributed by atoms with E-state index in [1.54, 1.807) is 30.5 Å². The first-order valence-corrected chi connectivity index (χ1v) is 8.12. The smallest absolute Gasteiger partial charge is 0.437 e. The number of nitrogens with zero attached hydrogens (tertiary/aromatic N) is 2. The SMILES string of the molecule is CCOC(=O)c1ccsc1NC(=O)Cn1nc(-c2ccco2)oc1=O. The van der Waals surface area contributed by atoms with Crippen LogP contribution in [-0.4, -0.2) is 28.3 Å². The molecule has 0 aliphatic rings. The van der Waals surface area contributed by atoms with E-state index >= 15 is 0 Å². The van der Waals surface area contributed by atoms with Crippen LogP contribution in [-0.2, 0) is 16.1 Å². The standard InChI is InChI=1S/C15H13N3O6S/c1-2-22-14(20)9-5-7-25-13(9)16-11(19)8-18-15(21)24-12(17-18)10-4-3-6-23-10/h3-7H,2,8H2,1H3,(H,16,19). The largest absolute Gasteiger partial charge is 0.462 e. The lowest BCUT2D eigenvalue weighted by atomic mass is 10.3. The van der Waals surface area contributed by atoms with Crippen LogP contribution >= 0.6 is 11.3 Å². The highest BCUT2D eigenvalue weighted by Crippen LogP contribution is 2.24. The average Bonchev–Trinajstić information content (AvgIpc) is 3.29. The zero-order chi connectivity index (χ0) is 17.8. The van der Waals surface area contributed by atoms with Crippen molar-refractivity contribution in [2.75, 3.05) is 11.9 Å². The fraction of sp³-hybridized carbons (Fsp3) is 0.200. The monoisotopic (exact) mass is 363 g/mol. The van der Waals surface area contributed by atoms with Crippen LogP contribution in [0, 0.1) is 0 Å². The summed E-state index contributed by atoms with van der Waals surface area (Å²) in [6, 6.07) is 4.75. The lowest BCUT2D eigenvalue weighted by Gasteiger charge is -2.05. The minimum Gasteiger partial charge on any atom is -0.462 e. The molecule has 25 heavy (non-hydrogen) atoms. The molecular formula is C15H13N3O6S. The van der Waals surface area contributed by atoms with Gasteiger partial charge in [-0.25, -0.2) is 9.59 Å². The van der Waals surface area contributed by atoms with Gasteiger partial charge in [0.25, 0.3) is 5.89 Å². The molecule has 3 aromatic rings. The molecule has 0 spiro atoms. The average molecular weight is 363 g/mol. The normalized spacial score (nSPS) is 10.6. The van der Waals surface area contributed by atoms with Crippen LogP contribution in [0.4, 0.5) is 5.00 Å². The Balaban J connectivity index is 1.71. The minimum atomic E-state index is -0.793. The van der Waals surface area contributed by atoms with Gasteiger partial charge in [-0.2, -0.15) is 4.68 Å². The van der Waals surface area contributed by atoms with Gasteiger partial charge >= 0.3 is 11.7 Å². The summed E-state index contributed by atoms with van der Waals surface area (Å²) in [7, 11) is 0. The van der Waals surface area contributed by atoms with Gasteiger partial charge in [-0.05, 0) is 30.5 Å². The third kappa shape index (κ3) is 3.69. The number of aromatic nitrogens is 2. The van der Waals surface area contributed by atoms with Gasteiger partial charge < -0.3 is 18.9 Å². The number of rotatable bonds is 6. The van der Waals surface area contributed by atoms with Crippen molar-refractivity contribution in [2.45, 2.75) is 13.5 Å². The van der Waals surface area contributed by atoms with Crippen LogP contribution in [0.3, 0.4) is 0 Å². The molecule has 3 heterocycles. The first kappa shape index (κ1) is 16.7. The molecule has 0 atom stereocenters. The number of nitrogens with one attached hydrogen (secondary N) is 1. The van der Waals surface area contributed by atoms with Crippen molar-refractivity contribution < 1.29 is 23.2 Å². The van der Waals surface area contributed by atoms with Crippen LogP contribution < -0.4 is 11.1 Å². The summed E-state index contributed by atoms with van der Waals surface area (Å²) in [5, 5.41) is 8.46. The maximum absolute atomic E-state index is 12.1. The van der Waals surface area contributed by atoms with Gasteiger partial charge in [-0.15, -0.1) is 16.4 Å². The van der Waals surface area contributed by atoms with Crippen LogP contribution in [0.15, 0.2) is 43.5 Å². The molecule has 0 aliphatic heterocycles. The predicted octanol–water partition coefficient (Wildman–Crippen LogP) is 1.97. The molecule has 9 nitrogen and oxygen atoms in total. The van der Waals surface area contributed by atoms with Gasteiger partial charge in [0.15, 0.2) is 5.76 Å². The van der Waals surface area contributed by atoms with Crippen molar-refractivity contribution in [1.29, 1.82) is 0 Å². The molecule has 0 bridgehead atoms. The summed E-state index contributed by atoms with van der Waals surface area (Å²) in [4.78, 5) is 35.7. The Bertz CT molecular complexity index is 937. The molecule has 0 radical (unpaired) electrons. The Labute approximate surface area is 144 Å². The summed E-state index contributed by atoms with van der Waals surface area (Å²) < 4.78 is 15.8. The van der Waals surface area contributed by atoms with Gasteiger partial charge in [0.1, 0.15) is 11.5 Å². The molecule has 1 N–H and O–H groups in total. The Morgan fingerprint density at radius 2 is 2.24 bits per heavy atom. The maximum atomic E-state index is 12.1. The molecule has 1 amide bonds. The van der Waals surface area contributed by atoms with Gasteiger partial charge in [-0.3, -0.25) is 4.79 Å². The number of ether oxygens (including phenoxy) is 1. The number of hydrogen-bond acceptors (Lipinski definition) is 8. The fourth-order valence-corrected chi connectivity index (χ4v) is 2.78. The molecule has 3 aromatic heterocycles. The van der Waals surface area contributed by atoms with Crippen molar-refractivity contribution in [3.05, 3.63) is 46.0 Å². The van der Waals surface area contributed by atoms with Crippen molar-refractivity contribution >= 4 is 28.2 Å².